The minimum Gasteiger partial charge on any atom is -0.548 e. The summed E-state index contributed by atoms with van der Waals surface area (Å²) >= 11 is 0. The second-order valence-electron chi connectivity index (χ2n) is 8.29. The molecule has 1 aliphatic heterocycles. The molecule has 164 valence electrons. The van der Waals surface area contributed by atoms with E-state index in [1.807, 2.05) is 30.3 Å². The van der Waals surface area contributed by atoms with Crippen LogP contribution in [0.1, 0.15) is 51.5 Å². The Morgan fingerprint density at radius 1 is 1.23 bits per heavy atom. The van der Waals surface area contributed by atoms with Crippen molar-refractivity contribution in [1.29, 1.82) is 0 Å². The van der Waals surface area contributed by atoms with Crippen molar-refractivity contribution < 1.29 is 75.6 Å². The third-order valence-corrected chi connectivity index (χ3v) is 6.32. The fourth-order valence-electron chi connectivity index (χ4n) is 4.88. The number of carboxylic acid groups (broad SMARTS) is 1. The first-order valence-electron chi connectivity index (χ1n) is 10.9. The number of nitrogens with zero attached hydrogens (tertiary/aromatic N) is 1. The second-order valence-corrected chi connectivity index (χ2v) is 8.29. The number of carbonyl (C=O) groups excluding carboxylic acids is 3. The zero-order chi connectivity index (χ0) is 21.7. The first-order valence-corrected chi connectivity index (χ1v) is 10.9. The Balaban J connectivity index is 0.00000341. The number of likely N-dealkylation sites (tertiary alicyclic amines) is 1. The van der Waals surface area contributed by atoms with E-state index in [-0.39, 0.29) is 75.9 Å². The van der Waals surface area contributed by atoms with Crippen molar-refractivity contribution in [2.45, 2.75) is 76.5 Å². The van der Waals surface area contributed by atoms with Gasteiger partial charge in [-0.05, 0) is 57.4 Å². The number of hydrogen-bond acceptors (Lipinski definition) is 6. The van der Waals surface area contributed by atoms with Crippen molar-refractivity contribution in [1.82, 2.24) is 10.2 Å². The maximum Gasteiger partial charge on any atom is 1.00 e. The SMILES string of the molecule is CCOC(=O)[C@H](CCc1ccccc1)N[C@@H](C)C(=O)N1[C@H](C(=O)[O-])C[C@@H]2CCC[C@@H]21.[K+]. The molecule has 0 radical (unpaired) electrons. The molecule has 2 fully saturated rings. The summed E-state index contributed by atoms with van der Waals surface area (Å²) in [6.45, 7) is 3.69. The number of fused-ring (bicyclic) bond motifs is 1. The van der Waals surface area contributed by atoms with Gasteiger partial charge in [-0.1, -0.05) is 36.8 Å². The van der Waals surface area contributed by atoms with Crippen molar-refractivity contribution in [2.75, 3.05) is 6.61 Å². The van der Waals surface area contributed by atoms with Gasteiger partial charge in [0.25, 0.3) is 0 Å². The van der Waals surface area contributed by atoms with Gasteiger partial charge in [0.1, 0.15) is 6.04 Å². The van der Waals surface area contributed by atoms with Gasteiger partial charge in [-0.15, -0.1) is 0 Å². The number of rotatable bonds is 9. The van der Waals surface area contributed by atoms with Crippen molar-refractivity contribution in [3.8, 4) is 0 Å². The molecular formula is C23H31KN2O5. The number of esters is 1. The first-order chi connectivity index (χ1) is 14.4. The van der Waals surface area contributed by atoms with Crippen LogP contribution in [0.5, 0.6) is 0 Å². The smallest absolute Gasteiger partial charge is 0.548 e. The molecule has 7 nitrogen and oxygen atoms in total. The summed E-state index contributed by atoms with van der Waals surface area (Å²) in [5.41, 5.74) is 1.10. The predicted molar refractivity (Wildman–Crippen MR) is 109 cm³/mol. The van der Waals surface area contributed by atoms with E-state index < -0.39 is 30.1 Å². The molecular weight excluding hydrogens is 423 g/mol. The van der Waals surface area contributed by atoms with Crippen LogP contribution >= 0.6 is 0 Å². The Bertz CT molecular complexity index is 760. The largest absolute Gasteiger partial charge is 1.00 e. The van der Waals surface area contributed by atoms with Crippen LogP contribution in [0.4, 0.5) is 0 Å². The van der Waals surface area contributed by atoms with Crippen LogP contribution in [0.2, 0.25) is 0 Å². The number of amides is 1. The van der Waals surface area contributed by atoms with Gasteiger partial charge < -0.3 is 19.5 Å². The summed E-state index contributed by atoms with van der Waals surface area (Å²) in [4.78, 5) is 38.8. The number of hydrogen-bond donors (Lipinski definition) is 1. The maximum absolute atomic E-state index is 13.2. The number of carbonyl (C=O) groups is 3. The molecule has 0 bridgehead atoms. The standard InChI is InChI=1S/C23H32N2O5.K/c1-3-30-23(29)18(13-12-16-8-5-4-6-9-16)24-15(2)21(26)25-19-11-7-10-17(19)14-20(25)22(27)28;/h4-6,8-9,15,17-20,24H,3,7,10-14H2,1-2H3,(H,27,28);/q;+1/p-1/t15-,17-,18-,19-,20-;/m0./s1. The predicted octanol–water partition coefficient (Wildman–Crippen LogP) is -1.95. The minimum atomic E-state index is -1.20. The minimum absolute atomic E-state index is 0. The van der Waals surface area contributed by atoms with Crippen LogP contribution in [0.25, 0.3) is 0 Å². The van der Waals surface area contributed by atoms with Crippen LogP contribution in [0, 0.1) is 5.92 Å². The fraction of sp³-hybridized carbons (Fsp3) is 0.609. The van der Waals surface area contributed by atoms with E-state index in [0.717, 1.165) is 24.8 Å². The summed E-state index contributed by atoms with van der Waals surface area (Å²) in [6, 6.07) is 7.53. The molecule has 1 saturated heterocycles. The van der Waals surface area contributed by atoms with E-state index in [1.54, 1.807) is 13.8 Å². The molecule has 0 spiro atoms. The van der Waals surface area contributed by atoms with E-state index in [1.165, 1.54) is 4.90 Å². The number of aliphatic carboxylic acids is 1. The molecule has 0 aromatic heterocycles. The number of benzene rings is 1. The monoisotopic (exact) mass is 454 g/mol. The summed E-state index contributed by atoms with van der Waals surface area (Å²) in [6.07, 6.45) is 4.37. The number of nitrogens with one attached hydrogen (secondary N) is 1. The van der Waals surface area contributed by atoms with Gasteiger partial charge in [-0.25, -0.2) is 0 Å². The molecule has 5 atom stereocenters. The van der Waals surface area contributed by atoms with Crippen molar-refractivity contribution >= 4 is 17.8 Å². The Morgan fingerprint density at radius 2 is 1.94 bits per heavy atom. The molecule has 3 rings (SSSR count). The zero-order valence-electron chi connectivity index (χ0n) is 18.7. The van der Waals surface area contributed by atoms with Gasteiger partial charge in [0, 0.05) is 6.04 Å². The van der Waals surface area contributed by atoms with Gasteiger partial charge in [-0.2, -0.15) is 0 Å². The number of carboxylic acids is 1. The van der Waals surface area contributed by atoms with Gasteiger partial charge in [-0.3, -0.25) is 14.9 Å². The van der Waals surface area contributed by atoms with Crippen molar-refractivity contribution in [2.24, 2.45) is 5.92 Å². The van der Waals surface area contributed by atoms with Crippen molar-refractivity contribution in [3.05, 3.63) is 35.9 Å². The molecule has 1 heterocycles. The van der Waals surface area contributed by atoms with Crippen LogP contribution in [0.15, 0.2) is 30.3 Å². The van der Waals surface area contributed by atoms with Crippen molar-refractivity contribution in [3.63, 3.8) is 0 Å². The van der Waals surface area contributed by atoms with Gasteiger partial charge in [0.15, 0.2) is 0 Å². The van der Waals surface area contributed by atoms with Gasteiger partial charge in [0.2, 0.25) is 5.91 Å². The molecule has 1 amide bonds. The second kappa shape index (κ2) is 12.5. The van der Waals surface area contributed by atoms with Crippen LogP contribution in [-0.4, -0.2) is 53.5 Å². The molecule has 1 saturated carbocycles. The van der Waals surface area contributed by atoms with Crippen LogP contribution in [0.3, 0.4) is 0 Å². The van der Waals surface area contributed by atoms with Crippen LogP contribution in [-0.2, 0) is 25.5 Å². The average molecular weight is 455 g/mol. The average Bonchev–Trinajstić information content (AvgIpc) is 3.32. The van der Waals surface area contributed by atoms with E-state index in [4.69, 9.17) is 4.74 Å². The maximum atomic E-state index is 13.2. The Morgan fingerprint density at radius 3 is 2.58 bits per heavy atom. The number of aryl methyl sites for hydroxylation is 1. The molecule has 1 aromatic carbocycles. The van der Waals surface area contributed by atoms with Gasteiger partial charge >= 0.3 is 57.4 Å². The molecule has 1 N–H and O–H groups in total. The van der Waals surface area contributed by atoms with Gasteiger partial charge in [0.05, 0.1) is 24.7 Å². The van der Waals surface area contributed by atoms with E-state index in [9.17, 15) is 19.5 Å². The summed E-state index contributed by atoms with van der Waals surface area (Å²) in [7, 11) is 0. The third kappa shape index (κ3) is 6.62. The van der Waals surface area contributed by atoms with E-state index in [0.29, 0.717) is 19.3 Å². The summed E-state index contributed by atoms with van der Waals surface area (Å²) in [5, 5.41) is 14.8. The van der Waals surface area contributed by atoms with Crippen LogP contribution < -0.4 is 61.8 Å². The Hall–Kier alpha value is -0.774. The molecule has 1 aliphatic carbocycles. The molecule has 8 heteroatoms. The normalized spacial score (nSPS) is 24.1. The molecule has 0 unspecified atom stereocenters. The quantitative estimate of drug-likeness (QED) is 0.344. The number of ether oxygens (including phenoxy) is 1. The van der Waals surface area contributed by atoms with E-state index >= 15 is 0 Å². The first kappa shape index (κ1) is 26.5. The Kier molecular flexibility index (Phi) is 10.6. The third-order valence-electron chi connectivity index (χ3n) is 6.32. The Labute approximate surface area is 226 Å². The fourth-order valence-corrected chi connectivity index (χ4v) is 4.88. The van der Waals surface area contributed by atoms with E-state index in [2.05, 4.69) is 5.32 Å². The molecule has 31 heavy (non-hydrogen) atoms. The molecule has 1 aromatic rings. The summed E-state index contributed by atoms with van der Waals surface area (Å²) in [5.74, 6) is -1.66. The zero-order valence-corrected chi connectivity index (χ0v) is 21.8. The summed E-state index contributed by atoms with van der Waals surface area (Å²) < 4.78 is 5.20. The molecule has 2 aliphatic rings. The topological polar surface area (TPSA) is 98.8 Å².